The standard InChI is InChI=1S/C25H42O2/c1-3-5-6-7-8-9-10-11-12-13-14-15-19-22-25(26-23-4-2)27-24-20-17-16-18-21-24/h4,16-18,20-21,23,25H,3,5-15,19,22H2,1-2H3. The van der Waals surface area contributed by atoms with Crippen molar-refractivity contribution < 1.29 is 9.47 Å². The Morgan fingerprint density at radius 1 is 0.741 bits per heavy atom. The highest BCUT2D eigenvalue weighted by molar-refractivity contribution is 5.21. The van der Waals surface area contributed by atoms with Gasteiger partial charge in [0.25, 0.3) is 0 Å². The molecule has 1 aromatic rings. The second-order valence-corrected chi connectivity index (χ2v) is 7.50. The maximum atomic E-state index is 5.95. The first kappa shape index (κ1) is 23.6. The molecule has 0 spiro atoms. The van der Waals surface area contributed by atoms with E-state index in [1.54, 1.807) is 6.26 Å². The lowest BCUT2D eigenvalue weighted by Gasteiger charge is -2.18. The van der Waals surface area contributed by atoms with Crippen molar-refractivity contribution in [2.75, 3.05) is 0 Å². The van der Waals surface area contributed by atoms with E-state index in [-0.39, 0.29) is 6.29 Å². The van der Waals surface area contributed by atoms with Crippen LogP contribution in [0.1, 0.15) is 104 Å². The number of para-hydroxylation sites is 1. The summed E-state index contributed by atoms with van der Waals surface area (Å²) < 4.78 is 11.6. The highest BCUT2D eigenvalue weighted by Gasteiger charge is 2.09. The molecule has 0 fully saturated rings. The second kappa shape index (κ2) is 17.9. The lowest BCUT2D eigenvalue weighted by atomic mass is 10.0. The van der Waals surface area contributed by atoms with Crippen LogP contribution >= 0.6 is 0 Å². The third-order valence-electron chi connectivity index (χ3n) is 4.92. The van der Waals surface area contributed by atoms with Gasteiger partial charge in [0.15, 0.2) is 0 Å². The Morgan fingerprint density at radius 2 is 1.26 bits per heavy atom. The van der Waals surface area contributed by atoms with Crippen LogP contribution in [0.3, 0.4) is 0 Å². The van der Waals surface area contributed by atoms with Crippen LogP contribution in [0, 0.1) is 0 Å². The monoisotopic (exact) mass is 374 g/mol. The van der Waals surface area contributed by atoms with E-state index >= 15 is 0 Å². The molecule has 0 saturated heterocycles. The summed E-state index contributed by atoms with van der Waals surface area (Å²) in [5.41, 5.74) is 0. The molecule has 0 aliphatic heterocycles. The van der Waals surface area contributed by atoms with Crippen molar-refractivity contribution >= 4 is 0 Å². The van der Waals surface area contributed by atoms with Gasteiger partial charge < -0.3 is 9.47 Å². The van der Waals surface area contributed by atoms with Crippen molar-refractivity contribution in [3.8, 4) is 5.75 Å². The van der Waals surface area contributed by atoms with Gasteiger partial charge in [0.05, 0.1) is 6.26 Å². The third-order valence-corrected chi connectivity index (χ3v) is 4.92. The van der Waals surface area contributed by atoms with Gasteiger partial charge in [-0.15, -0.1) is 0 Å². The predicted octanol–water partition coefficient (Wildman–Crippen LogP) is 8.42. The van der Waals surface area contributed by atoms with E-state index in [1.165, 1.54) is 77.0 Å². The Balaban J connectivity index is 1.99. The van der Waals surface area contributed by atoms with Crippen molar-refractivity contribution in [3.05, 3.63) is 42.7 Å². The molecule has 0 amide bonds. The van der Waals surface area contributed by atoms with Gasteiger partial charge in [-0.25, -0.2) is 0 Å². The number of unbranched alkanes of at least 4 members (excludes halogenated alkanes) is 12. The highest BCUT2D eigenvalue weighted by Crippen LogP contribution is 2.17. The van der Waals surface area contributed by atoms with Crippen LogP contribution < -0.4 is 4.74 Å². The molecule has 1 aromatic carbocycles. The number of allylic oxidation sites excluding steroid dienone is 1. The van der Waals surface area contributed by atoms with E-state index in [0.29, 0.717) is 0 Å². The molecule has 1 rings (SSSR count). The molecule has 0 aromatic heterocycles. The number of ether oxygens (including phenoxy) is 2. The van der Waals surface area contributed by atoms with Crippen LogP contribution in [-0.4, -0.2) is 6.29 Å². The van der Waals surface area contributed by atoms with Gasteiger partial charge in [-0.3, -0.25) is 0 Å². The lowest BCUT2D eigenvalue weighted by Crippen LogP contribution is -2.18. The van der Waals surface area contributed by atoms with Crippen LogP contribution in [-0.2, 0) is 4.74 Å². The van der Waals surface area contributed by atoms with Crippen LogP contribution in [0.25, 0.3) is 0 Å². The Kier molecular flexibility index (Phi) is 15.7. The van der Waals surface area contributed by atoms with Gasteiger partial charge in [-0.2, -0.15) is 0 Å². The molecule has 154 valence electrons. The molecular formula is C25H42O2. The number of benzene rings is 1. The molecule has 0 heterocycles. The summed E-state index contributed by atoms with van der Waals surface area (Å²) in [6.07, 6.45) is 22.3. The molecule has 1 atom stereocenters. The second-order valence-electron chi connectivity index (χ2n) is 7.50. The van der Waals surface area contributed by atoms with E-state index in [2.05, 4.69) is 6.92 Å². The van der Waals surface area contributed by atoms with Crippen molar-refractivity contribution in [1.82, 2.24) is 0 Å². The van der Waals surface area contributed by atoms with E-state index in [0.717, 1.165) is 18.6 Å². The first-order chi connectivity index (χ1) is 13.4. The fourth-order valence-electron chi connectivity index (χ4n) is 3.30. The zero-order valence-corrected chi connectivity index (χ0v) is 17.8. The van der Waals surface area contributed by atoms with E-state index in [9.17, 15) is 0 Å². The number of rotatable bonds is 18. The Bertz CT molecular complexity index is 441. The minimum absolute atomic E-state index is 0.184. The summed E-state index contributed by atoms with van der Waals surface area (Å²) in [5.74, 6) is 0.877. The molecule has 0 aliphatic rings. The van der Waals surface area contributed by atoms with Crippen molar-refractivity contribution in [2.45, 2.75) is 110 Å². The van der Waals surface area contributed by atoms with Crippen LogP contribution in [0.15, 0.2) is 42.7 Å². The van der Waals surface area contributed by atoms with Crippen molar-refractivity contribution in [2.24, 2.45) is 0 Å². The third kappa shape index (κ3) is 14.3. The molecule has 27 heavy (non-hydrogen) atoms. The van der Waals surface area contributed by atoms with E-state index < -0.39 is 0 Å². The lowest BCUT2D eigenvalue weighted by molar-refractivity contribution is -0.0365. The molecule has 0 aliphatic carbocycles. The highest BCUT2D eigenvalue weighted by atomic mass is 16.7. The Labute approximate surface area is 168 Å². The molecule has 2 nitrogen and oxygen atoms in total. The van der Waals surface area contributed by atoms with Gasteiger partial charge in [0.1, 0.15) is 5.75 Å². The average molecular weight is 375 g/mol. The molecule has 0 bridgehead atoms. The quantitative estimate of drug-likeness (QED) is 0.146. The Morgan fingerprint density at radius 3 is 1.78 bits per heavy atom. The molecule has 2 heteroatoms. The maximum Gasteiger partial charge on any atom is 0.240 e. The minimum atomic E-state index is -0.184. The summed E-state index contributed by atoms with van der Waals surface area (Å²) in [6, 6.07) is 9.95. The first-order valence-corrected chi connectivity index (χ1v) is 11.3. The average Bonchev–Trinajstić information content (AvgIpc) is 2.70. The molecule has 1 unspecified atom stereocenters. The smallest absolute Gasteiger partial charge is 0.240 e. The summed E-state index contributed by atoms with van der Waals surface area (Å²) in [6.45, 7) is 4.25. The fourth-order valence-corrected chi connectivity index (χ4v) is 3.30. The minimum Gasteiger partial charge on any atom is -0.463 e. The summed E-state index contributed by atoms with van der Waals surface area (Å²) in [7, 11) is 0. The normalized spacial score (nSPS) is 12.4. The predicted molar refractivity (Wildman–Crippen MR) is 117 cm³/mol. The van der Waals surface area contributed by atoms with Crippen LogP contribution in [0.5, 0.6) is 5.75 Å². The molecule has 0 saturated carbocycles. The maximum absolute atomic E-state index is 5.95. The topological polar surface area (TPSA) is 18.5 Å². The summed E-state index contributed by atoms with van der Waals surface area (Å²) in [5, 5.41) is 0. The van der Waals surface area contributed by atoms with Gasteiger partial charge in [-0.05, 0) is 25.5 Å². The largest absolute Gasteiger partial charge is 0.463 e. The summed E-state index contributed by atoms with van der Waals surface area (Å²) >= 11 is 0. The fraction of sp³-hybridized carbons (Fsp3) is 0.680. The van der Waals surface area contributed by atoms with Crippen LogP contribution in [0.4, 0.5) is 0 Å². The Hall–Kier alpha value is -1.44. The SMILES string of the molecule is CC=COC(CCCCCCCCCCCCCCC)Oc1ccccc1. The molecule has 0 N–H and O–H groups in total. The zero-order valence-electron chi connectivity index (χ0n) is 17.8. The van der Waals surface area contributed by atoms with Gasteiger partial charge >= 0.3 is 0 Å². The first-order valence-electron chi connectivity index (χ1n) is 11.3. The van der Waals surface area contributed by atoms with E-state index in [1.807, 2.05) is 43.3 Å². The van der Waals surface area contributed by atoms with E-state index in [4.69, 9.17) is 9.47 Å². The summed E-state index contributed by atoms with van der Waals surface area (Å²) in [4.78, 5) is 0. The molecular weight excluding hydrogens is 332 g/mol. The van der Waals surface area contributed by atoms with Gasteiger partial charge in [-0.1, -0.05) is 108 Å². The number of hydrogen-bond acceptors (Lipinski definition) is 2. The van der Waals surface area contributed by atoms with Crippen molar-refractivity contribution in [1.29, 1.82) is 0 Å². The van der Waals surface area contributed by atoms with Gasteiger partial charge in [0.2, 0.25) is 6.29 Å². The van der Waals surface area contributed by atoms with Crippen molar-refractivity contribution in [3.63, 3.8) is 0 Å². The van der Waals surface area contributed by atoms with Gasteiger partial charge in [0, 0.05) is 6.42 Å². The number of hydrogen-bond donors (Lipinski definition) is 0. The molecule has 0 radical (unpaired) electrons. The zero-order chi connectivity index (χ0) is 19.4. The van der Waals surface area contributed by atoms with Crippen LogP contribution in [0.2, 0.25) is 0 Å².